The molecule has 1 aromatic carbocycles. The van der Waals surface area contributed by atoms with Crippen LogP contribution >= 0.6 is 0 Å². The molecule has 4 atom stereocenters. The van der Waals surface area contributed by atoms with Crippen LogP contribution < -0.4 is 0 Å². The Bertz CT molecular complexity index is 756. The molecular weight excluding hydrogens is 387 g/mol. The van der Waals surface area contributed by atoms with Crippen LogP contribution in [0, 0.1) is 17.6 Å². The quantitative estimate of drug-likeness (QED) is 0.598. The molecule has 28 heavy (non-hydrogen) atoms. The molecule has 1 heterocycles. The van der Waals surface area contributed by atoms with Gasteiger partial charge in [0.2, 0.25) is 0 Å². The molecule has 1 aromatic rings. The summed E-state index contributed by atoms with van der Waals surface area (Å²) in [7, 11) is 0. The Morgan fingerprint density at radius 2 is 1.82 bits per heavy atom. The van der Waals surface area contributed by atoms with Gasteiger partial charge in [-0.05, 0) is 39.3 Å². The molecule has 0 aromatic heterocycles. The van der Waals surface area contributed by atoms with Gasteiger partial charge < -0.3 is 14.6 Å². The van der Waals surface area contributed by atoms with E-state index in [1.165, 1.54) is 27.7 Å². The highest BCUT2D eigenvalue weighted by Gasteiger charge is 2.66. The van der Waals surface area contributed by atoms with E-state index >= 15 is 0 Å². The lowest BCUT2D eigenvalue weighted by atomic mass is 9.76. The van der Waals surface area contributed by atoms with E-state index in [4.69, 9.17) is 9.47 Å². The number of hydrogen-bond acceptors (Lipinski definition) is 4. The summed E-state index contributed by atoms with van der Waals surface area (Å²) < 4.78 is 79.3. The topological polar surface area (TPSA) is 55.8 Å². The summed E-state index contributed by atoms with van der Waals surface area (Å²) in [5, 5.41) is 9.49. The van der Waals surface area contributed by atoms with Gasteiger partial charge in [0.25, 0.3) is 0 Å². The molecule has 0 amide bonds. The first-order valence-corrected chi connectivity index (χ1v) is 8.69. The molecular formula is C19H23F5O4. The third-order valence-electron chi connectivity index (χ3n) is 5.06. The molecule has 158 valence electrons. The van der Waals surface area contributed by atoms with E-state index in [-0.39, 0.29) is 5.56 Å². The van der Waals surface area contributed by atoms with Crippen LogP contribution in [0.25, 0.3) is 0 Å². The highest BCUT2D eigenvalue weighted by molar-refractivity contribution is 5.77. The fourth-order valence-electron chi connectivity index (χ4n) is 3.44. The summed E-state index contributed by atoms with van der Waals surface area (Å²) in [4.78, 5) is 12.6. The van der Waals surface area contributed by atoms with Crippen LogP contribution in [0.5, 0.6) is 0 Å². The SMILES string of the molecule is CC1C(c2ccc(F)c(F)c2CO)C(C(=O)OC(C)(C)C)OC1(C)C(F)(F)F. The van der Waals surface area contributed by atoms with E-state index < -0.39 is 65.1 Å². The minimum atomic E-state index is -4.83. The molecule has 0 saturated carbocycles. The van der Waals surface area contributed by atoms with E-state index in [0.29, 0.717) is 0 Å². The van der Waals surface area contributed by atoms with Crippen molar-refractivity contribution in [3.8, 4) is 0 Å². The number of alkyl halides is 3. The van der Waals surface area contributed by atoms with E-state index in [1.807, 2.05) is 0 Å². The maximum atomic E-state index is 14.2. The number of benzene rings is 1. The Labute approximate surface area is 159 Å². The molecule has 1 fully saturated rings. The first-order valence-electron chi connectivity index (χ1n) is 8.69. The Morgan fingerprint density at radius 1 is 1.25 bits per heavy atom. The van der Waals surface area contributed by atoms with Gasteiger partial charge in [0.05, 0.1) is 6.61 Å². The van der Waals surface area contributed by atoms with E-state index in [1.54, 1.807) is 0 Å². The molecule has 9 heteroatoms. The molecule has 4 nitrogen and oxygen atoms in total. The Morgan fingerprint density at radius 3 is 2.29 bits per heavy atom. The average Bonchev–Trinajstić information content (AvgIpc) is 2.81. The van der Waals surface area contributed by atoms with Crippen molar-refractivity contribution in [3.05, 3.63) is 34.9 Å². The van der Waals surface area contributed by atoms with Crippen LogP contribution in [0.3, 0.4) is 0 Å². The first-order chi connectivity index (χ1) is 12.6. The van der Waals surface area contributed by atoms with Crippen molar-refractivity contribution in [1.82, 2.24) is 0 Å². The van der Waals surface area contributed by atoms with Crippen molar-refractivity contribution in [1.29, 1.82) is 0 Å². The van der Waals surface area contributed by atoms with E-state index in [9.17, 15) is 31.9 Å². The average molecular weight is 410 g/mol. The molecule has 1 N–H and O–H groups in total. The van der Waals surface area contributed by atoms with E-state index in [2.05, 4.69) is 0 Å². The monoisotopic (exact) mass is 410 g/mol. The zero-order chi connectivity index (χ0) is 21.7. The summed E-state index contributed by atoms with van der Waals surface area (Å²) in [6.07, 6.45) is -6.55. The summed E-state index contributed by atoms with van der Waals surface area (Å²) in [6, 6.07) is 1.81. The number of rotatable bonds is 3. The number of esters is 1. The minimum Gasteiger partial charge on any atom is -0.458 e. The highest BCUT2D eigenvalue weighted by atomic mass is 19.4. The lowest BCUT2D eigenvalue weighted by molar-refractivity contribution is -0.274. The second-order valence-electron chi connectivity index (χ2n) is 8.08. The molecule has 0 radical (unpaired) electrons. The van der Waals surface area contributed by atoms with Gasteiger partial charge in [0, 0.05) is 17.4 Å². The third-order valence-corrected chi connectivity index (χ3v) is 5.06. The first kappa shape index (κ1) is 22.5. The van der Waals surface area contributed by atoms with E-state index in [0.717, 1.165) is 19.1 Å². The predicted octanol–water partition coefficient (Wildman–Crippen LogP) is 4.24. The van der Waals surface area contributed by atoms with Crippen LogP contribution in [0.2, 0.25) is 0 Å². The summed E-state index contributed by atoms with van der Waals surface area (Å²) in [6.45, 7) is 5.68. The Balaban J connectivity index is 2.63. The zero-order valence-corrected chi connectivity index (χ0v) is 16.2. The fraction of sp³-hybridized carbons (Fsp3) is 0.632. The van der Waals surface area contributed by atoms with Crippen LogP contribution in [0.4, 0.5) is 22.0 Å². The number of halogens is 5. The highest BCUT2D eigenvalue weighted by Crippen LogP contribution is 2.54. The van der Waals surface area contributed by atoms with Gasteiger partial charge >= 0.3 is 12.1 Å². The van der Waals surface area contributed by atoms with Crippen molar-refractivity contribution in [2.45, 2.75) is 70.6 Å². The Hall–Kier alpha value is -1.74. The molecule has 1 aliphatic rings. The van der Waals surface area contributed by atoms with Crippen LogP contribution in [-0.2, 0) is 20.9 Å². The smallest absolute Gasteiger partial charge is 0.417 e. The molecule has 1 aliphatic heterocycles. The molecule has 4 unspecified atom stereocenters. The number of carbonyl (C=O) groups excluding carboxylic acids is 1. The second kappa shape index (κ2) is 7.26. The van der Waals surface area contributed by atoms with Gasteiger partial charge in [0.1, 0.15) is 5.60 Å². The van der Waals surface area contributed by atoms with Crippen molar-refractivity contribution < 1.29 is 41.3 Å². The largest absolute Gasteiger partial charge is 0.458 e. The standard InChI is InChI=1S/C19H23F5O4/c1-9-13(10-6-7-12(20)14(21)11(10)8-25)15(16(26)28-17(2,3)4)27-18(9,5)19(22,23)24/h6-7,9,13,15,25H,8H2,1-5H3. The zero-order valence-electron chi connectivity index (χ0n) is 16.2. The molecule has 0 spiro atoms. The fourth-order valence-corrected chi connectivity index (χ4v) is 3.44. The lowest BCUT2D eigenvalue weighted by Crippen LogP contribution is -2.47. The summed E-state index contributed by atoms with van der Waals surface area (Å²) in [5.74, 6) is -6.34. The maximum absolute atomic E-state index is 14.2. The van der Waals surface area contributed by atoms with Crippen molar-refractivity contribution in [3.63, 3.8) is 0 Å². The van der Waals surface area contributed by atoms with Crippen LogP contribution in [-0.4, -0.2) is 34.6 Å². The summed E-state index contributed by atoms with van der Waals surface area (Å²) >= 11 is 0. The summed E-state index contributed by atoms with van der Waals surface area (Å²) in [5.41, 5.74) is -4.37. The maximum Gasteiger partial charge on any atom is 0.417 e. The number of hydrogen-bond donors (Lipinski definition) is 1. The number of carbonyl (C=O) groups is 1. The Kier molecular flexibility index (Phi) is 5.84. The second-order valence-corrected chi connectivity index (χ2v) is 8.08. The predicted molar refractivity (Wildman–Crippen MR) is 89.4 cm³/mol. The molecule has 1 saturated heterocycles. The minimum absolute atomic E-state index is 0.127. The van der Waals surface area contributed by atoms with Gasteiger partial charge in [-0.25, -0.2) is 13.6 Å². The van der Waals surface area contributed by atoms with Gasteiger partial charge in [-0.3, -0.25) is 0 Å². The number of aliphatic hydroxyl groups excluding tert-OH is 1. The van der Waals surface area contributed by atoms with Crippen molar-refractivity contribution >= 4 is 5.97 Å². The van der Waals surface area contributed by atoms with Gasteiger partial charge in [-0.1, -0.05) is 13.0 Å². The van der Waals surface area contributed by atoms with Crippen molar-refractivity contribution in [2.75, 3.05) is 0 Å². The number of aliphatic hydroxyl groups is 1. The van der Waals surface area contributed by atoms with Crippen molar-refractivity contribution in [2.24, 2.45) is 5.92 Å². The number of ether oxygens (including phenoxy) is 2. The van der Waals surface area contributed by atoms with Crippen LogP contribution in [0.15, 0.2) is 12.1 Å². The molecule has 0 aliphatic carbocycles. The third kappa shape index (κ3) is 3.87. The molecule has 2 rings (SSSR count). The molecule has 0 bridgehead atoms. The van der Waals surface area contributed by atoms with Gasteiger partial charge in [-0.2, -0.15) is 13.2 Å². The van der Waals surface area contributed by atoms with Gasteiger partial charge in [-0.15, -0.1) is 0 Å². The normalized spacial score (nSPS) is 28.5. The lowest BCUT2D eigenvalue weighted by Gasteiger charge is -2.32. The van der Waals surface area contributed by atoms with Crippen LogP contribution in [0.1, 0.15) is 51.7 Å². The van der Waals surface area contributed by atoms with Gasteiger partial charge in [0.15, 0.2) is 23.3 Å².